The van der Waals surface area contributed by atoms with E-state index in [4.69, 9.17) is 0 Å². The van der Waals surface area contributed by atoms with Crippen LogP contribution < -0.4 is 5.32 Å². The fourth-order valence-corrected chi connectivity index (χ4v) is 4.45. The molecule has 1 aromatic heterocycles. The number of carbonyl (C=O) groups excluding carboxylic acids is 1. The number of nitrogens with one attached hydrogen (secondary N) is 1. The molecule has 1 aromatic carbocycles. The maximum absolute atomic E-state index is 13.2. The summed E-state index contributed by atoms with van der Waals surface area (Å²) in [6.45, 7) is 11.4. The summed E-state index contributed by atoms with van der Waals surface area (Å²) < 4.78 is 0. The number of aryl methyl sites for hydroxylation is 1. The molecule has 2 aliphatic heterocycles. The van der Waals surface area contributed by atoms with Crippen molar-refractivity contribution in [1.29, 1.82) is 0 Å². The van der Waals surface area contributed by atoms with Gasteiger partial charge in [-0.05, 0) is 72.0 Å². The zero-order valence-corrected chi connectivity index (χ0v) is 17.5. The topological polar surface area (TPSA) is 45.2 Å². The van der Waals surface area contributed by atoms with Gasteiger partial charge >= 0.3 is 0 Å². The van der Waals surface area contributed by atoms with Gasteiger partial charge in [-0.2, -0.15) is 0 Å². The van der Waals surface area contributed by atoms with Crippen LogP contribution in [0, 0.1) is 6.92 Å². The van der Waals surface area contributed by atoms with E-state index in [2.05, 4.69) is 43.2 Å². The Labute approximate surface area is 168 Å². The molecule has 4 rings (SSSR count). The van der Waals surface area contributed by atoms with Gasteiger partial charge in [0.25, 0.3) is 5.91 Å². The molecule has 0 radical (unpaired) electrons. The van der Waals surface area contributed by atoms with Crippen molar-refractivity contribution >= 4 is 5.91 Å². The zero-order valence-electron chi connectivity index (χ0n) is 17.5. The Morgan fingerprint density at radius 3 is 2.79 bits per heavy atom. The van der Waals surface area contributed by atoms with Crippen LogP contribution in [0.3, 0.4) is 0 Å². The number of aromatic nitrogens is 1. The number of hydrogen-bond donors (Lipinski definition) is 1. The molecule has 0 spiro atoms. The first-order chi connectivity index (χ1) is 13.3. The Bertz CT molecular complexity index is 891. The molecule has 1 atom stereocenters. The van der Waals surface area contributed by atoms with Crippen molar-refractivity contribution in [2.24, 2.45) is 0 Å². The fraction of sp³-hybridized carbons (Fsp3) is 0.500. The minimum atomic E-state index is 0.121. The van der Waals surface area contributed by atoms with Crippen molar-refractivity contribution in [3.05, 3.63) is 64.0 Å². The van der Waals surface area contributed by atoms with Gasteiger partial charge in [0.1, 0.15) is 0 Å². The Morgan fingerprint density at radius 1 is 1.29 bits per heavy atom. The van der Waals surface area contributed by atoms with Crippen molar-refractivity contribution in [3.8, 4) is 0 Å². The summed E-state index contributed by atoms with van der Waals surface area (Å²) >= 11 is 0. The summed E-state index contributed by atoms with van der Waals surface area (Å²) in [6, 6.07) is 7.03. The third kappa shape index (κ3) is 3.58. The lowest BCUT2D eigenvalue weighted by atomic mass is 9.80. The van der Waals surface area contributed by atoms with Gasteiger partial charge in [0, 0.05) is 37.1 Å². The quantitative estimate of drug-likeness (QED) is 0.848. The van der Waals surface area contributed by atoms with E-state index in [0.29, 0.717) is 12.6 Å². The second-order valence-corrected chi connectivity index (χ2v) is 9.27. The van der Waals surface area contributed by atoms with Crippen LogP contribution in [0.1, 0.15) is 77.8 Å². The van der Waals surface area contributed by atoms with Gasteiger partial charge < -0.3 is 10.2 Å². The van der Waals surface area contributed by atoms with Gasteiger partial charge in [-0.3, -0.25) is 9.78 Å². The van der Waals surface area contributed by atoms with Gasteiger partial charge in [0.15, 0.2) is 0 Å². The first-order valence-corrected chi connectivity index (χ1v) is 10.4. The highest BCUT2D eigenvalue weighted by Crippen LogP contribution is 2.36. The fourth-order valence-electron chi connectivity index (χ4n) is 4.45. The maximum atomic E-state index is 13.2. The molecule has 1 fully saturated rings. The third-order valence-electron chi connectivity index (χ3n) is 6.22. The van der Waals surface area contributed by atoms with Crippen LogP contribution in [0.2, 0.25) is 0 Å². The molecule has 148 valence electrons. The van der Waals surface area contributed by atoms with E-state index in [1.54, 1.807) is 12.4 Å². The molecule has 0 bridgehead atoms. The number of hydrogen-bond acceptors (Lipinski definition) is 3. The smallest absolute Gasteiger partial charge is 0.254 e. The Balaban J connectivity index is 1.71. The highest BCUT2D eigenvalue weighted by molar-refractivity contribution is 5.95. The average molecular weight is 378 g/mol. The summed E-state index contributed by atoms with van der Waals surface area (Å²) in [5, 5.41) is 3.67. The summed E-state index contributed by atoms with van der Waals surface area (Å²) in [7, 11) is 0. The van der Waals surface area contributed by atoms with E-state index in [0.717, 1.165) is 30.6 Å². The molecule has 1 N–H and O–H groups in total. The second kappa shape index (κ2) is 7.32. The van der Waals surface area contributed by atoms with Crippen molar-refractivity contribution in [3.63, 3.8) is 0 Å². The van der Waals surface area contributed by atoms with Crippen molar-refractivity contribution in [2.75, 3.05) is 13.1 Å². The molecule has 2 aliphatic rings. The molecule has 3 heterocycles. The van der Waals surface area contributed by atoms with Crippen LogP contribution in [-0.2, 0) is 18.4 Å². The van der Waals surface area contributed by atoms with Crippen LogP contribution in [-0.4, -0.2) is 28.9 Å². The van der Waals surface area contributed by atoms with E-state index >= 15 is 0 Å². The number of fused-ring (bicyclic) bond motifs is 1. The second-order valence-electron chi connectivity index (χ2n) is 9.27. The highest BCUT2D eigenvalue weighted by Gasteiger charge is 2.30. The van der Waals surface area contributed by atoms with Crippen LogP contribution in [0.15, 0.2) is 30.6 Å². The number of nitrogens with zero attached hydrogens (tertiary/aromatic N) is 2. The maximum Gasteiger partial charge on any atom is 0.254 e. The summed E-state index contributed by atoms with van der Waals surface area (Å²) in [6.07, 6.45) is 6.81. The van der Waals surface area contributed by atoms with Gasteiger partial charge in [0.2, 0.25) is 0 Å². The first kappa shape index (κ1) is 19.1. The Morgan fingerprint density at radius 2 is 2.11 bits per heavy atom. The van der Waals surface area contributed by atoms with Gasteiger partial charge in [-0.25, -0.2) is 0 Å². The monoisotopic (exact) mass is 377 g/mol. The van der Waals surface area contributed by atoms with Gasteiger partial charge in [0.05, 0.1) is 0 Å². The molecule has 1 amide bonds. The molecular weight excluding hydrogens is 346 g/mol. The molecule has 1 saturated heterocycles. The first-order valence-electron chi connectivity index (χ1n) is 10.4. The number of pyridine rings is 1. The van der Waals surface area contributed by atoms with Crippen LogP contribution in [0.5, 0.6) is 0 Å². The summed E-state index contributed by atoms with van der Waals surface area (Å²) in [5.74, 6) is 0.121. The SMILES string of the molecule is Cc1cnccc1C(=O)N1CCc2cc(C(C)(C)C)cc([C@@H]3CCCN3)c2C1. The predicted octanol–water partition coefficient (Wildman–Crippen LogP) is 4.31. The normalized spacial score (nSPS) is 19.6. The number of amides is 1. The molecule has 0 aliphatic carbocycles. The average Bonchev–Trinajstić information content (AvgIpc) is 3.20. The summed E-state index contributed by atoms with van der Waals surface area (Å²) in [5.41, 5.74) is 7.43. The molecule has 28 heavy (non-hydrogen) atoms. The third-order valence-corrected chi connectivity index (χ3v) is 6.22. The summed E-state index contributed by atoms with van der Waals surface area (Å²) in [4.78, 5) is 19.3. The Hall–Kier alpha value is -2.20. The van der Waals surface area contributed by atoms with Gasteiger partial charge in [-0.15, -0.1) is 0 Å². The zero-order chi connectivity index (χ0) is 19.9. The highest BCUT2D eigenvalue weighted by atomic mass is 16.2. The van der Waals surface area contributed by atoms with Crippen molar-refractivity contribution in [2.45, 2.75) is 65.0 Å². The molecule has 2 aromatic rings. The van der Waals surface area contributed by atoms with Crippen LogP contribution in [0.25, 0.3) is 0 Å². The van der Waals surface area contributed by atoms with E-state index in [-0.39, 0.29) is 11.3 Å². The molecule has 4 heteroatoms. The lowest BCUT2D eigenvalue weighted by molar-refractivity contribution is 0.0733. The lowest BCUT2D eigenvalue weighted by Gasteiger charge is -2.34. The van der Waals surface area contributed by atoms with E-state index < -0.39 is 0 Å². The number of carbonyl (C=O) groups is 1. The van der Waals surface area contributed by atoms with Gasteiger partial charge in [-0.1, -0.05) is 32.9 Å². The van der Waals surface area contributed by atoms with Crippen molar-refractivity contribution < 1.29 is 4.79 Å². The molecule has 4 nitrogen and oxygen atoms in total. The lowest BCUT2D eigenvalue weighted by Crippen LogP contribution is -2.37. The molecular formula is C24H31N3O. The number of benzene rings is 1. The minimum absolute atomic E-state index is 0.121. The molecule has 0 saturated carbocycles. The standard InChI is InChI=1S/C24H31N3O/c1-16-14-25-10-7-19(16)23(28)27-11-8-17-12-18(24(2,3)4)13-20(21(17)15-27)22-6-5-9-26-22/h7,10,12-14,22,26H,5-6,8-9,11,15H2,1-4H3/t22-/m0/s1. The number of rotatable bonds is 2. The van der Waals surface area contributed by atoms with E-state index in [9.17, 15) is 4.79 Å². The largest absolute Gasteiger partial charge is 0.334 e. The van der Waals surface area contributed by atoms with Crippen LogP contribution >= 0.6 is 0 Å². The predicted molar refractivity (Wildman–Crippen MR) is 113 cm³/mol. The van der Waals surface area contributed by atoms with Crippen LogP contribution in [0.4, 0.5) is 0 Å². The Kier molecular flexibility index (Phi) is 5.00. The van der Waals surface area contributed by atoms with E-state index in [1.807, 2.05) is 17.9 Å². The van der Waals surface area contributed by atoms with E-state index in [1.165, 1.54) is 35.1 Å². The molecule has 0 unspecified atom stereocenters. The van der Waals surface area contributed by atoms with Crippen molar-refractivity contribution in [1.82, 2.24) is 15.2 Å². The minimum Gasteiger partial charge on any atom is -0.334 e.